The highest BCUT2D eigenvalue weighted by molar-refractivity contribution is 5.92. The van der Waals surface area contributed by atoms with Gasteiger partial charge in [-0.2, -0.15) is 0 Å². The number of rotatable bonds is 1. The van der Waals surface area contributed by atoms with Gasteiger partial charge in [-0.25, -0.2) is 4.98 Å². The van der Waals surface area contributed by atoms with Gasteiger partial charge in [-0.1, -0.05) is 0 Å². The van der Waals surface area contributed by atoms with Gasteiger partial charge in [0.15, 0.2) is 12.2 Å². The summed E-state index contributed by atoms with van der Waals surface area (Å²) in [7, 11) is 0. The maximum atomic E-state index is 12.2. The fourth-order valence-electron chi connectivity index (χ4n) is 2.49. The molecule has 0 aliphatic carbocycles. The van der Waals surface area contributed by atoms with Crippen molar-refractivity contribution in [1.29, 1.82) is 0 Å². The fourth-order valence-corrected chi connectivity index (χ4v) is 2.49. The lowest BCUT2D eigenvalue weighted by Crippen LogP contribution is -2.47. The Hall–Kier alpha value is -1.40. The molecule has 0 unspecified atom stereocenters. The van der Waals surface area contributed by atoms with Crippen molar-refractivity contribution < 1.29 is 18.7 Å². The van der Waals surface area contributed by atoms with Crippen LogP contribution in [0.4, 0.5) is 0 Å². The highest BCUT2D eigenvalue weighted by Crippen LogP contribution is 2.31. The van der Waals surface area contributed by atoms with Gasteiger partial charge in [-0.05, 0) is 6.92 Å². The first kappa shape index (κ1) is 11.7. The Morgan fingerprint density at radius 1 is 1.33 bits per heavy atom. The van der Waals surface area contributed by atoms with Gasteiger partial charge in [0.25, 0.3) is 5.91 Å². The van der Waals surface area contributed by atoms with Crippen LogP contribution in [-0.4, -0.2) is 47.9 Å². The van der Waals surface area contributed by atoms with Crippen molar-refractivity contribution in [3.8, 4) is 0 Å². The molecular weight excluding hydrogens is 236 g/mol. The average molecular weight is 252 g/mol. The zero-order chi connectivity index (χ0) is 12.6. The minimum Gasteiger partial charge on any atom is -0.438 e. The molecule has 1 aromatic rings. The molecule has 3 heterocycles. The number of likely N-dealkylation sites (tertiary alicyclic amines) is 1. The summed E-state index contributed by atoms with van der Waals surface area (Å²) in [5.41, 5.74) is 0.633. The van der Waals surface area contributed by atoms with E-state index in [2.05, 4.69) is 4.98 Å². The SMILES string of the molecule is Cc1ncoc1C(=O)N1CCC2(CC1)OCCO2. The second-order valence-electron chi connectivity index (χ2n) is 4.67. The lowest BCUT2D eigenvalue weighted by Gasteiger charge is -2.37. The molecule has 2 aliphatic heterocycles. The van der Waals surface area contributed by atoms with Gasteiger partial charge in [0.2, 0.25) is 5.76 Å². The minimum absolute atomic E-state index is 0.0992. The molecule has 6 heteroatoms. The Balaban J connectivity index is 1.66. The van der Waals surface area contributed by atoms with E-state index in [0.717, 1.165) is 0 Å². The Bertz CT molecular complexity index is 441. The van der Waals surface area contributed by atoms with Gasteiger partial charge >= 0.3 is 0 Å². The van der Waals surface area contributed by atoms with Gasteiger partial charge in [0.05, 0.1) is 18.9 Å². The molecule has 98 valence electrons. The second-order valence-corrected chi connectivity index (χ2v) is 4.67. The highest BCUT2D eigenvalue weighted by atomic mass is 16.7. The summed E-state index contributed by atoms with van der Waals surface area (Å²) in [6.45, 7) is 4.31. The molecule has 0 aromatic carbocycles. The van der Waals surface area contributed by atoms with E-state index in [-0.39, 0.29) is 5.91 Å². The molecule has 0 N–H and O–H groups in total. The van der Waals surface area contributed by atoms with Gasteiger partial charge in [-0.3, -0.25) is 4.79 Å². The molecule has 18 heavy (non-hydrogen) atoms. The maximum Gasteiger partial charge on any atom is 0.291 e. The van der Waals surface area contributed by atoms with Crippen LogP contribution in [0.15, 0.2) is 10.8 Å². The zero-order valence-corrected chi connectivity index (χ0v) is 10.3. The molecule has 0 radical (unpaired) electrons. The maximum absolute atomic E-state index is 12.2. The van der Waals surface area contributed by atoms with Crippen molar-refractivity contribution in [2.75, 3.05) is 26.3 Å². The van der Waals surface area contributed by atoms with E-state index < -0.39 is 5.79 Å². The molecular formula is C12H16N2O4. The molecule has 1 amide bonds. The number of piperidine rings is 1. The van der Waals surface area contributed by atoms with E-state index >= 15 is 0 Å². The van der Waals surface area contributed by atoms with Crippen LogP contribution in [-0.2, 0) is 9.47 Å². The number of amides is 1. The monoisotopic (exact) mass is 252 g/mol. The third-order valence-electron chi connectivity index (χ3n) is 3.57. The summed E-state index contributed by atoms with van der Waals surface area (Å²) >= 11 is 0. The summed E-state index contributed by atoms with van der Waals surface area (Å²) in [6, 6.07) is 0. The summed E-state index contributed by atoms with van der Waals surface area (Å²) in [6.07, 6.45) is 2.73. The van der Waals surface area contributed by atoms with Gasteiger partial charge in [-0.15, -0.1) is 0 Å². The summed E-state index contributed by atoms with van der Waals surface area (Å²) in [5.74, 6) is -0.218. The fraction of sp³-hybridized carbons (Fsp3) is 0.667. The topological polar surface area (TPSA) is 64.8 Å². The second kappa shape index (κ2) is 4.37. The van der Waals surface area contributed by atoms with Crippen molar-refractivity contribution >= 4 is 5.91 Å². The van der Waals surface area contributed by atoms with Crippen LogP contribution in [0.25, 0.3) is 0 Å². The van der Waals surface area contributed by atoms with E-state index in [9.17, 15) is 4.79 Å². The van der Waals surface area contributed by atoms with Crippen LogP contribution in [0.5, 0.6) is 0 Å². The molecule has 1 spiro atoms. The minimum atomic E-state index is -0.451. The smallest absolute Gasteiger partial charge is 0.291 e. The molecule has 3 rings (SSSR count). The first-order valence-electron chi connectivity index (χ1n) is 6.17. The number of hydrogen-bond donors (Lipinski definition) is 0. The van der Waals surface area contributed by atoms with Crippen LogP contribution < -0.4 is 0 Å². The number of hydrogen-bond acceptors (Lipinski definition) is 5. The van der Waals surface area contributed by atoms with E-state index in [1.54, 1.807) is 11.8 Å². The molecule has 2 aliphatic rings. The van der Waals surface area contributed by atoms with Crippen LogP contribution in [0, 0.1) is 6.92 Å². The number of carbonyl (C=O) groups is 1. The van der Waals surface area contributed by atoms with E-state index in [4.69, 9.17) is 13.9 Å². The normalized spacial score (nSPS) is 22.6. The van der Waals surface area contributed by atoms with Crippen LogP contribution in [0.2, 0.25) is 0 Å². The van der Waals surface area contributed by atoms with Crippen molar-refractivity contribution in [2.24, 2.45) is 0 Å². The standard InChI is InChI=1S/C12H16N2O4/c1-9-10(16-8-13-9)11(15)14-4-2-12(3-5-14)17-6-7-18-12/h8H,2-7H2,1H3. The van der Waals surface area contributed by atoms with Gasteiger partial charge < -0.3 is 18.8 Å². The Morgan fingerprint density at radius 2 is 2.00 bits per heavy atom. The molecule has 0 saturated carbocycles. The summed E-state index contributed by atoms with van der Waals surface area (Å²) in [5, 5.41) is 0. The van der Waals surface area contributed by atoms with Crippen LogP contribution in [0.3, 0.4) is 0 Å². The number of aromatic nitrogens is 1. The van der Waals surface area contributed by atoms with Crippen molar-refractivity contribution in [1.82, 2.24) is 9.88 Å². The van der Waals surface area contributed by atoms with Crippen molar-refractivity contribution in [3.05, 3.63) is 17.8 Å². The van der Waals surface area contributed by atoms with Crippen LogP contribution >= 0.6 is 0 Å². The Morgan fingerprint density at radius 3 is 2.56 bits per heavy atom. The highest BCUT2D eigenvalue weighted by Gasteiger charge is 2.41. The van der Waals surface area contributed by atoms with Crippen LogP contribution in [0.1, 0.15) is 29.1 Å². The molecule has 1 aromatic heterocycles. The molecule has 0 atom stereocenters. The van der Waals surface area contributed by atoms with Gasteiger partial charge in [0.1, 0.15) is 0 Å². The van der Waals surface area contributed by atoms with E-state index in [1.165, 1.54) is 6.39 Å². The quantitative estimate of drug-likeness (QED) is 0.745. The number of ether oxygens (including phenoxy) is 2. The number of aryl methyl sites for hydroxylation is 1. The third kappa shape index (κ3) is 1.91. The molecule has 0 bridgehead atoms. The largest absolute Gasteiger partial charge is 0.438 e. The van der Waals surface area contributed by atoms with E-state index in [1.807, 2.05) is 0 Å². The average Bonchev–Trinajstić information content (AvgIpc) is 2.99. The number of carbonyl (C=O) groups excluding carboxylic acids is 1. The predicted octanol–water partition coefficient (Wildman–Crippen LogP) is 0.962. The lowest BCUT2D eigenvalue weighted by atomic mass is 10.0. The molecule has 6 nitrogen and oxygen atoms in total. The van der Waals surface area contributed by atoms with E-state index in [0.29, 0.717) is 50.6 Å². The first-order valence-corrected chi connectivity index (χ1v) is 6.17. The predicted molar refractivity (Wildman–Crippen MR) is 61.0 cm³/mol. The number of oxazole rings is 1. The zero-order valence-electron chi connectivity index (χ0n) is 10.3. The number of nitrogens with zero attached hydrogens (tertiary/aromatic N) is 2. The third-order valence-corrected chi connectivity index (χ3v) is 3.57. The van der Waals surface area contributed by atoms with Crippen molar-refractivity contribution in [2.45, 2.75) is 25.6 Å². The van der Waals surface area contributed by atoms with Crippen molar-refractivity contribution in [3.63, 3.8) is 0 Å². The van der Waals surface area contributed by atoms with Gasteiger partial charge in [0, 0.05) is 25.9 Å². The molecule has 2 saturated heterocycles. The Labute approximate surface area is 105 Å². The Kier molecular flexibility index (Phi) is 2.83. The summed E-state index contributed by atoms with van der Waals surface area (Å²) < 4.78 is 16.4. The lowest BCUT2D eigenvalue weighted by molar-refractivity contribution is -0.181. The summed E-state index contributed by atoms with van der Waals surface area (Å²) in [4.78, 5) is 17.9. The molecule has 2 fully saturated rings. The first-order chi connectivity index (χ1) is 8.70.